The molecule has 1 heterocycles. The quantitative estimate of drug-likeness (QED) is 0.809. The van der Waals surface area contributed by atoms with Gasteiger partial charge in [-0.15, -0.1) is 0 Å². The van der Waals surface area contributed by atoms with Gasteiger partial charge in [0, 0.05) is 31.5 Å². The standard InChI is InChI=1S/C15H21N3/c1-14(7-8-15-5-3-2-4-6-15)17-10-12-18-11-9-16-13-18/h2-6,9,11,13-14,17H,7-8,10,12H2,1H3. The smallest absolute Gasteiger partial charge is 0.0946 e. The molecule has 1 aromatic heterocycles. The van der Waals surface area contributed by atoms with Crippen molar-refractivity contribution in [2.24, 2.45) is 0 Å². The van der Waals surface area contributed by atoms with Gasteiger partial charge in [-0.05, 0) is 25.3 Å². The number of imidazole rings is 1. The van der Waals surface area contributed by atoms with E-state index in [0.29, 0.717) is 6.04 Å². The van der Waals surface area contributed by atoms with E-state index in [1.54, 1.807) is 0 Å². The van der Waals surface area contributed by atoms with E-state index in [-0.39, 0.29) is 0 Å². The molecule has 0 aliphatic carbocycles. The monoisotopic (exact) mass is 243 g/mol. The Morgan fingerprint density at radius 3 is 2.83 bits per heavy atom. The topological polar surface area (TPSA) is 29.9 Å². The van der Waals surface area contributed by atoms with Crippen molar-refractivity contribution in [1.29, 1.82) is 0 Å². The maximum atomic E-state index is 4.03. The molecule has 0 bridgehead atoms. The molecule has 2 rings (SSSR count). The molecule has 0 fully saturated rings. The van der Waals surface area contributed by atoms with Gasteiger partial charge >= 0.3 is 0 Å². The molecular weight excluding hydrogens is 222 g/mol. The van der Waals surface area contributed by atoms with Crippen LogP contribution in [0.2, 0.25) is 0 Å². The molecular formula is C15H21N3. The normalized spacial score (nSPS) is 12.5. The molecule has 0 saturated heterocycles. The average Bonchev–Trinajstić information content (AvgIpc) is 2.91. The molecule has 0 radical (unpaired) electrons. The predicted octanol–water partition coefficient (Wildman–Crippen LogP) is 2.49. The summed E-state index contributed by atoms with van der Waals surface area (Å²) in [6.07, 6.45) is 7.99. The SMILES string of the molecule is CC(CCc1ccccc1)NCCn1ccnc1. The third-order valence-corrected chi connectivity index (χ3v) is 3.13. The summed E-state index contributed by atoms with van der Waals surface area (Å²) in [6, 6.07) is 11.2. The third kappa shape index (κ3) is 4.34. The van der Waals surface area contributed by atoms with E-state index in [4.69, 9.17) is 0 Å². The summed E-state index contributed by atoms with van der Waals surface area (Å²) in [6.45, 7) is 4.22. The highest BCUT2D eigenvalue weighted by Gasteiger charge is 2.01. The number of hydrogen-bond donors (Lipinski definition) is 1. The van der Waals surface area contributed by atoms with E-state index in [9.17, 15) is 0 Å². The van der Waals surface area contributed by atoms with Crippen molar-refractivity contribution in [2.75, 3.05) is 6.54 Å². The van der Waals surface area contributed by atoms with Gasteiger partial charge in [0.05, 0.1) is 6.33 Å². The van der Waals surface area contributed by atoms with Crippen LogP contribution in [-0.4, -0.2) is 22.1 Å². The van der Waals surface area contributed by atoms with Crippen LogP contribution in [0.15, 0.2) is 49.1 Å². The third-order valence-electron chi connectivity index (χ3n) is 3.13. The van der Waals surface area contributed by atoms with Crippen molar-refractivity contribution >= 4 is 0 Å². The number of hydrogen-bond acceptors (Lipinski definition) is 2. The zero-order valence-corrected chi connectivity index (χ0v) is 10.9. The molecule has 0 aliphatic rings. The fraction of sp³-hybridized carbons (Fsp3) is 0.400. The summed E-state index contributed by atoms with van der Waals surface area (Å²) in [4.78, 5) is 4.03. The first-order valence-corrected chi connectivity index (χ1v) is 6.57. The number of rotatable bonds is 7. The zero-order valence-electron chi connectivity index (χ0n) is 10.9. The summed E-state index contributed by atoms with van der Waals surface area (Å²) < 4.78 is 2.09. The van der Waals surface area contributed by atoms with Gasteiger partial charge in [-0.2, -0.15) is 0 Å². The minimum Gasteiger partial charge on any atom is -0.336 e. The van der Waals surface area contributed by atoms with E-state index in [1.165, 1.54) is 12.0 Å². The fourth-order valence-electron chi connectivity index (χ4n) is 1.99. The van der Waals surface area contributed by atoms with Gasteiger partial charge in [0.25, 0.3) is 0 Å². The molecule has 0 aliphatic heterocycles. The second kappa shape index (κ2) is 6.97. The van der Waals surface area contributed by atoms with Crippen molar-refractivity contribution in [3.05, 3.63) is 54.6 Å². The molecule has 1 N–H and O–H groups in total. The van der Waals surface area contributed by atoms with E-state index in [2.05, 4.69) is 52.1 Å². The van der Waals surface area contributed by atoms with E-state index in [0.717, 1.165) is 19.5 Å². The van der Waals surface area contributed by atoms with Gasteiger partial charge in [-0.1, -0.05) is 30.3 Å². The number of aromatic nitrogens is 2. The first-order chi connectivity index (χ1) is 8.84. The van der Waals surface area contributed by atoms with Gasteiger partial charge in [-0.3, -0.25) is 0 Å². The Bertz CT molecular complexity index is 422. The molecule has 1 unspecified atom stereocenters. The lowest BCUT2D eigenvalue weighted by atomic mass is 10.1. The molecule has 0 saturated carbocycles. The van der Waals surface area contributed by atoms with Crippen LogP contribution in [0, 0.1) is 0 Å². The maximum Gasteiger partial charge on any atom is 0.0946 e. The maximum absolute atomic E-state index is 4.03. The van der Waals surface area contributed by atoms with Crippen LogP contribution in [0.1, 0.15) is 18.9 Å². The summed E-state index contributed by atoms with van der Waals surface area (Å²) >= 11 is 0. The first-order valence-electron chi connectivity index (χ1n) is 6.57. The van der Waals surface area contributed by atoms with Crippen molar-refractivity contribution in [1.82, 2.24) is 14.9 Å². The Kier molecular flexibility index (Phi) is 4.97. The minimum absolute atomic E-state index is 0.550. The van der Waals surface area contributed by atoms with Crippen LogP contribution in [0.5, 0.6) is 0 Å². The Hall–Kier alpha value is -1.61. The predicted molar refractivity (Wildman–Crippen MR) is 74.5 cm³/mol. The van der Waals surface area contributed by atoms with E-state index in [1.807, 2.05) is 18.7 Å². The highest BCUT2D eigenvalue weighted by atomic mass is 15.0. The van der Waals surface area contributed by atoms with Crippen molar-refractivity contribution in [3.63, 3.8) is 0 Å². The number of benzene rings is 1. The van der Waals surface area contributed by atoms with Crippen LogP contribution in [0.4, 0.5) is 0 Å². The van der Waals surface area contributed by atoms with Crippen molar-refractivity contribution in [2.45, 2.75) is 32.4 Å². The van der Waals surface area contributed by atoms with Gasteiger partial charge in [0.15, 0.2) is 0 Å². The van der Waals surface area contributed by atoms with Crippen LogP contribution >= 0.6 is 0 Å². The molecule has 18 heavy (non-hydrogen) atoms. The number of aryl methyl sites for hydroxylation is 1. The van der Waals surface area contributed by atoms with E-state index >= 15 is 0 Å². The molecule has 3 heteroatoms. The van der Waals surface area contributed by atoms with Crippen LogP contribution < -0.4 is 5.32 Å². The molecule has 0 spiro atoms. The highest BCUT2D eigenvalue weighted by molar-refractivity contribution is 5.14. The van der Waals surface area contributed by atoms with Gasteiger partial charge in [0.1, 0.15) is 0 Å². The molecule has 96 valence electrons. The largest absolute Gasteiger partial charge is 0.336 e. The highest BCUT2D eigenvalue weighted by Crippen LogP contribution is 2.04. The lowest BCUT2D eigenvalue weighted by molar-refractivity contribution is 0.490. The Morgan fingerprint density at radius 1 is 1.28 bits per heavy atom. The molecule has 1 aromatic carbocycles. The van der Waals surface area contributed by atoms with Crippen LogP contribution in [-0.2, 0) is 13.0 Å². The molecule has 2 aromatic rings. The van der Waals surface area contributed by atoms with Crippen LogP contribution in [0.3, 0.4) is 0 Å². The Labute approximate surface area is 109 Å². The molecule has 1 atom stereocenters. The minimum atomic E-state index is 0.550. The Morgan fingerprint density at radius 2 is 2.11 bits per heavy atom. The van der Waals surface area contributed by atoms with Gasteiger partial charge in [0.2, 0.25) is 0 Å². The molecule has 0 amide bonds. The first kappa shape index (κ1) is 12.8. The van der Waals surface area contributed by atoms with Gasteiger partial charge in [-0.25, -0.2) is 4.98 Å². The summed E-state index contributed by atoms with van der Waals surface area (Å²) in [5.41, 5.74) is 1.42. The lowest BCUT2D eigenvalue weighted by Gasteiger charge is -2.13. The zero-order chi connectivity index (χ0) is 12.6. The van der Waals surface area contributed by atoms with Crippen molar-refractivity contribution < 1.29 is 0 Å². The second-order valence-corrected chi connectivity index (χ2v) is 4.68. The van der Waals surface area contributed by atoms with Crippen LogP contribution in [0.25, 0.3) is 0 Å². The lowest BCUT2D eigenvalue weighted by Crippen LogP contribution is -2.29. The average molecular weight is 243 g/mol. The van der Waals surface area contributed by atoms with Crippen molar-refractivity contribution in [3.8, 4) is 0 Å². The number of nitrogens with one attached hydrogen (secondary N) is 1. The summed E-state index contributed by atoms with van der Waals surface area (Å²) in [5.74, 6) is 0. The second-order valence-electron chi connectivity index (χ2n) is 4.68. The Balaban J connectivity index is 1.62. The fourth-order valence-corrected chi connectivity index (χ4v) is 1.99. The van der Waals surface area contributed by atoms with Gasteiger partial charge < -0.3 is 9.88 Å². The summed E-state index contributed by atoms with van der Waals surface area (Å²) in [5, 5.41) is 3.54. The summed E-state index contributed by atoms with van der Waals surface area (Å²) in [7, 11) is 0. The number of nitrogens with zero attached hydrogens (tertiary/aromatic N) is 2. The van der Waals surface area contributed by atoms with E-state index < -0.39 is 0 Å². The molecule has 3 nitrogen and oxygen atoms in total.